The molecule has 1 atom stereocenters. The van der Waals surface area contributed by atoms with E-state index in [0.717, 1.165) is 0 Å². The van der Waals surface area contributed by atoms with Crippen LogP contribution in [0.3, 0.4) is 0 Å². The van der Waals surface area contributed by atoms with Gasteiger partial charge in [0.2, 0.25) is 0 Å². The number of nitrogens with one attached hydrogen (secondary N) is 1. The van der Waals surface area contributed by atoms with Crippen molar-refractivity contribution in [3.05, 3.63) is 38.6 Å². The van der Waals surface area contributed by atoms with E-state index >= 15 is 0 Å². The number of quaternary nitrogens is 1. The number of aromatic carboxylic acids is 1. The molecule has 1 unspecified atom stereocenters. The normalized spacial score (nSPS) is 12.8. The maximum absolute atomic E-state index is 10.5. The molecule has 0 aliphatic carbocycles. The zero-order chi connectivity index (χ0) is 9.84. The number of carboxylic acids is 1. The fourth-order valence-electron chi connectivity index (χ4n) is 0.774. The van der Waals surface area contributed by atoms with Crippen LogP contribution in [0.15, 0.2) is 24.3 Å². The molecule has 1 aromatic carbocycles. The summed E-state index contributed by atoms with van der Waals surface area (Å²) in [6.45, 7) is 0. The first-order valence-corrected chi connectivity index (χ1v) is 5.46. The van der Waals surface area contributed by atoms with Gasteiger partial charge in [-0.2, -0.15) is 0 Å². The summed E-state index contributed by atoms with van der Waals surface area (Å²) >= 11 is -1.12. The van der Waals surface area contributed by atoms with Crippen LogP contribution in [-0.4, -0.2) is 16.3 Å². The van der Waals surface area contributed by atoms with Gasteiger partial charge in [-0.05, 0) is 0 Å². The van der Waals surface area contributed by atoms with E-state index in [1.165, 1.54) is 12.1 Å². The van der Waals surface area contributed by atoms with Crippen LogP contribution in [0, 0.1) is 8.78 Å². The van der Waals surface area contributed by atoms with Crippen molar-refractivity contribution in [1.29, 1.82) is 0 Å². The van der Waals surface area contributed by atoms with Gasteiger partial charge in [-0.15, -0.1) is 0 Å². The van der Waals surface area contributed by atoms with E-state index < -0.39 is 30.9 Å². The predicted octanol–water partition coefficient (Wildman–Crippen LogP) is -3.67. The van der Waals surface area contributed by atoms with Crippen molar-refractivity contribution >= 4 is 5.97 Å². The summed E-state index contributed by atoms with van der Waals surface area (Å²) in [5.74, 6) is -1.03. The van der Waals surface area contributed by atoms with Gasteiger partial charge in [-0.3, -0.25) is 0 Å². The minimum absolute atomic E-state index is 0.137. The van der Waals surface area contributed by atoms with E-state index in [0.29, 0.717) is 3.57 Å². The molecule has 5 nitrogen and oxygen atoms in total. The van der Waals surface area contributed by atoms with E-state index in [9.17, 15) is 10.0 Å². The molecule has 72 valence electrons. The third kappa shape index (κ3) is 3.27. The number of carboxylic acid groups (broad SMARTS) is 1. The molecule has 0 amide bonds. The molecule has 0 aliphatic heterocycles. The first-order chi connectivity index (χ1) is 6.09. The second-order valence-corrected chi connectivity index (χ2v) is 4.87. The summed E-state index contributed by atoms with van der Waals surface area (Å²) in [7, 11) is 0. The van der Waals surface area contributed by atoms with Crippen molar-refractivity contribution in [2.75, 3.05) is 0 Å². The van der Waals surface area contributed by atoms with E-state index in [1.54, 1.807) is 12.1 Å². The first kappa shape index (κ1) is 10.4. The average Bonchev–Trinajstić information content (AvgIpc) is 2.03. The Morgan fingerprint density at radius 3 is 2.77 bits per heavy atom. The number of carbonyl (C=O) groups is 1. The van der Waals surface area contributed by atoms with Crippen LogP contribution < -0.4 is 24.9 Å². The molecule has 1 rings (SSSR count). The molecule has 13 heavy (non-hydrogen) atoms. The number of halogens is 1. The number of hydrogen-bond acceptors (Lipinski definition) is 3. The Labute approximate surface area is 84.8 Å². The number of rotatable bonds is 3. The third-order valence-electron chi connectivity index (χ3n) is 1.26. The Kier molecular flexibility index (Phi) is 3.60. The molecule has 0 radical (unpaired) electrons. The van der Waals surface area contributed by atoms with Crippen LogP contribution in [0.2, 0.25) is 0 Å². The molecule has 1 aromatic rings. The molecule has 0 aromatic heterocycles. The standard InChI is InChI=1S/C7H7INO4/c10-7(11)5-2-1-3-6(4-5)8-9(12)13/h1-4,9,12H,(H,10,11)/q-1. The summed E-state index contributed by atoms with van der Waals surface area (Å²) in [6.07, 6.45) is 0. The molecule has 0 bridgehead atoms. The minimum atomic E-state index is -1.12. The van der Waals surface area contributed by atoms with Crippen LogP contribution >= 0.6 is 0 Å². The van der Waals surface area contributed by atoms with Crippen LogP contribution in [0.25, 0.3) is 0 Å². The molecule has 3 N–H and O–H groups in total. The van der Waals surface area contributed by atoms with Crippen LogP contribution in [0.4, 0.5) is 0 Å². The van der Waals surface area contributed by atoms with E-state index in [2.05, 4.69) is 0 Å². The summed E-state index contributed by atoms with van der Waals surface area (Å²) in [6, 6.07) is 6.04. The topological polar surface area (TPSA) is 85.0 Å². The van der Waals surface area contributed by atoms with E-state index in [4.69, 9.17) is 10.3 Å². The van der Waals surface area contributed by atoms with Crippen molar-refractivity contribution in [1.82, 2.24) is 0 Å². The molecule has 0 fully saturated rings. The molecule has 6 heteroatoms. The maximum atomic E-state index is 10.5. The molecule has 0 heterocycles. The monoisotopic (exact) mass is 296 g/mol. The van der Waals surface area contributed by atoms with Gasteiger partial charge in [-0.25, -0.2) is 0 Å². The fourth-order valence-corrected chi connectivity index (χ4v) is 2.19. The zero-order valence-corrected chi connectivity index (χ0v) is 8.56. The van der Waals surface area contributed by atoms with Crippen molar-refractivity contribution < 1.29 is 40.0 Å². The van der Waals surface area contributed by atoms with Gasteiger partial charge < -0.3 is 0 Å². The molecular weight excluding hydrogens is 289 g/mol. The van der Waals surface area contributed by atoms with Crippen molar-refractivity contribution in [3.8, 4) is 0 Å². The van der Waals surface area contributed by atoms with E-state index in [1.807, 2.05) is 0 Å². The summed E-state index contributed by atoms with van der Waals surface area (Å²) in [5, 5.41) is 27.5. The molecule has 0 saturated heterocycles. The van der Waals surface area contributed by atoms with Gasteiger partial charge in [0.1, 0.15) is 0 Å². The average molecular weight is 296 g/mol. The summed E-state index contributed by atoms with van der Waals surface area (Å²) in [5.41, 5.74) is 0.137. The van der Waals surface area contributed by atoms with Crippen LogP contribution in [0.1, 0.15) is 10.4 Å². The van der Waals surface area contributed by atoms with Gasteiger partial charge in [0, 0.05) is 0 Å². The van der Waals surface area contributed by atoms with Crippen LogP contribution in [-0.2, 0) is 0 Å². The quantitative estimate of drug-likeness (QED) is 0.305. The second-order valence-electron chi connectivity index (χ2n) is 2.16. The Balaban J connectivity index is 2.85. The number of benzene rings is 1. The molecular formula is C7H7INO4-. The third-order valence-corrected chi connectivity index (χ3v) is 3.02. The number of hydrogen-bond donors (Lipinski definition) is 3. The Morgan fingerprint density at radius 2 is 2.23 bits per heavy atom. The van der Waals surface area contributed by atoms with Gasteiger partial charge in [0.25, 0.3) is 0 Å². The van der Waals surface area contributed by atoms with Gasteiger partial charge in [0.05, 0.1) is 0 Å². The van der Waals surface area contributed by atoms with E-state index in [-0.39, 0.29) is 5.56 Å². The van der Waals surface area contributed by atoms with Gasteiger partial charge in [0.15, 0.2) is 0 Å². The summed E-state index contributed by atoms with van der Waals surface area (Å²) < 4.78 is -0.257. The SMILES string of the molecule is O=C(O)c1cccc([I-][NH+]([O-])O)c1. The van der Waals surface area contributed by atoms with Crippen LogP contribution in [0.5, 0.6) is 0 Å². The molecule has 0 saturated carbocycles. The van der Waals surface area contributed by atoms with Crippen molar-refractivity contribution in [2.24, 2.45) is 0 Å². The zero-order valence-electron chi connectivity index (χ0n) is 6.40. The molecule has 0 spiro atoms. The second kappa shape index (κ2) is 4.51. The van der Waals surface area contributed by atoms with Crippen molar-refractivity contribution in [3.63, 3.8) is 0 Å². The Hall–Kier alpha value is -0.700. The fraction of sp³-hybridized carbons (Fsp3) is 0. The summed E-state index contributed by atoms with van der Waals surface area (Å²) in [4.78, 5) is 10.5. The predicted molar refractivity (Wildman–Crippen MR) is 38.2 cm³/mol. The van der Waals surface area contributed by atoms with Gasteiger partial charge >= 0.3 is 84.6 Å². The molecule has 0 aliphatic rings. The Morgan fingerprint density at radius 1 is 1.54 bits per heavy atom. The first-order valence-electron chi connectivity index (χ1n) is 3.30. The Bertz CT molecular complexity index is 315. The van der Waals surface area contributed by atoms with Gasteiger partial charge in [-0.1, -0.05) is 0 Å². The van der Waals surface area contributed by atoms with Crippen molar-refractivity contribution in [2.45, 2.75) is 0 Å².